The Hall–Kier alpha value is -3.25. The van der Waals surface area contributed by atoms with Gasteiger partial charge in [0.1, 0.15) is 16.4 Å². The lowest BCUT2D eigenvalue weighted by Gasteiger charge is -2.17. The maximum atomic E-state index is 13.7. The lowest BCUT2D eigenvalue weighted by molar-refractivity contribution is 0.0931. The Labute approximate surface area is 185 Å². The number of thiophene rings is 1. The van der Waals surface area contributed by atoms with Crippen molar-refractivity contribution >= 4 is 27.3 Å². The molecule has 2 heterocycles. The number of fused-ring (bicyclic) bond motifs is 1. The van der Waals surface area contributed by atoms with E-state index in [1.165, 1.54) is 15.9 Å². The molecule has 0 radical (unpaired) electrons. The van der Waals surface area contributed by atoms with Crippen molar-refractivity contribution in [3.8, 4) is 16.9 Å². The minimum atomic E-state index is -0.653. The molecular weight excluding hydrogens is 408 g/mol. The molecule has 0 aliphatic carbocycles. The van der Waals surface area contributed by atoms with Gasteiger partial charge in [0.2, 0.25) is 0 Å². The first kappa shape index (κ1) is 21.0. The van der Waals surface area contributed by atoms with Crippen LogP contribution in [0.25, 0.3) is 21.3 Å². The Morgan fingerprint density at radius 3 is 2.42 bits per heavy atom. The van der Waals surface area contributed by atoms with Crippen molar-refractivity contribution in [3.63, 3.8) is 0 Å². The first-order valence-corrected chi connectivity index (χ1v) is 11.1. The summed E-state index contributed by atoms with van der Waals surface area (Å²) >= 11 is 1.50. The minimum absolute atomic E-state index is 0.110. The number of Topliss-reactive ketones (excluding diaryl/α,β-unsaturated/α-hetero) is 1. The molecule has 0 N–H and O–H groups in total. The molecule has 0 amide bonds. The molecule has 0 saturated heterocycles. The van der Waals surface area contributed by atoms with Crippen LogP contribution in [0.3, 0.4) is 0 Å². The number of aromatic nitrogens is 2. The van der Waals surface area contributed by atoms with Gasteiger partial charge in [-0.2, -0.15) is 0 Å². The Bertz CT molecular complexity index is 1300. The fraction of sp³-hybridized carbons (Fsp3) is 0.240. The molecule has 1 unspecified atom stereocenters. The molecule has 6 heteroatoms. The topological polar surface area (TPSA) is 61.2 Å². The van der Waals surface area contributed by atoms with Crippen molar-refractivity contribution < 1.29 is 9.53 Å². The second kappa shape index (κ2) is 8.47. The number of rotatable bonds is 6. The van der Waals surface area contributed by atoms with E-state index in [0.29, 0.717) is 28.2 Å². The molecule has 0 aliphatic rings. The number of nitrogens with zero attached hydrogens (tertiary/aromatic N) is 2. The van der Waals surface area contributed by atoms with Gasteiger partial charge >= 0.3 is 0 Å². The van der Waals surface area contributed by atoms with Crippen LogP contribution in [0.5, 0.6) is 5.75 Å². The molecule has 0 saturated carbocycles. The number of benzene rings is 2. The highest BCUT2D eigenvalue weighted by Gasteiger charge is 2.24. The lowest BCUT2D eigenvalue weighted by atomic mass is 10.0. The smallest absolute Gasteiger partial charge is 0.263 e. The first-order valence-electron chi connectivity index (χ1n) is 10.3. The molecule has 4 aromatic rings. The minimum Gasteiger partial charge on any atom is -0.494 e. The molecule has 0 fully saturated rings. The Morgan fingerprint density at radius 1 is 1.10 bits per heavy atom. The third kappa shape index (κ3) is 3.79. The highest BCUT2D eigenvalue weighted by molar-refractivity contribution is 7.19. The van der Waals surface area contributed by atoms with Crippen molar-refractivity contribution in [2.24, 2.45) is 0 Å². The quantitative estimate of drug-likeness (QED) is 0.373. The standard InChI is InChI=1S/C25H24N2O3S/c1-5-30-20-13-11-18(12-14-20)21-16(3)31-24-22(21)25(29)27(17(4)26-24)15(2)23(28)19-9-7-6-8-10-19/h6-15H,5H2,1-4H3. The van der Waals surface area contributed by atoms with Gasteiger partial charge in [0.15, 0.2) is 5.78 Å². The summed E-state index contributed by atoms with van der Waals surface area (Å²) in [6.07, 6.45) is 0. The monoisotopic (exact) mass is 432 g/mol. The van der Waals surface area contributed by atoms with Crippen molar-refractivity contribution in [1.82, 2.24) is 9.55 Å². The van der Waals surface area contributed by atoms with Gasteiger partial charge in [-0.15, -0.1) is 11.3 Å². The lowest BCUT2D eigenvalue weighted by Crippen LogP contribution is -2.31. The van der Waals surface area contributed by atoms with Crippen LogP contribution in [0.2, 0.25) is 0 Å². The average molecular weight is 433 g/mol. The van der Waals surface area contributed by atoms with Crippen LogP contribution in [0.1, 0.15) is 40.9 Å². The molecule has 2 aromatic heterocycles. The summed E-state index contributed by atoms with van der Waals surface area (Å²) in [5.74, 6) is 1.21. The highest BCUT2D eigenvalue weighted by Crippen LogP contribution is 2.36. The zero-order chi connectivity index (χ0) is 22.1. The average Bonchev–Trinajstić information content (AvgIpc) is 3.10. The number of hydrogen-bond donors (Lipinski definition) is 0. The number of carbonyl (C=O) groups excluding carboxylic acids is 1. The summed E-state index contributed by atoms with van der Waals surface area (Å²) < 4.78 is 7.06. The molecular formula is C25H24N2O3S. The number of aryl methyl sites for hydroxylation is 2. The van der Waals surface area contributed by atoms with E-state index in [4.69, 9.17) is 9.72 Å². The highest BCUT2D eigenvalue weighted by atomic mass is 32.1. The van der Waals surface area contributed by atoms with Gasteiger partial charge in [-0.1, -0.05) is 42.5 Å². The molecule has 4 rings (SSSR count). The van der Waals surface area contributed by atoms with E-state index in [1.807, 2.05) is 56.3 Å². The van der Waals surface area contributed by atoms with Gasteiger partial charge in [0.25, 0.3) is 5.56 Å². The van der Waals surface area contributed by atoms with E-state index in [1.54, 1.807) is 26.0 Å². The molecule has 0 spiro atoms. The molecule has 0 bridgehead atoms. The maximum absolute atomic E-state index is 13.7. The van der Waals surface area contributed by atoms with Crippen LogP contribution >= 0.6 is 11.3 Å². The summed E-state index contributed by atoms with van der Waals surface area (Å²) in [6, 6.07) is 16.1. The van der Waals surface area contributed by atoms with Crippen LogP contribution in [0.15, 0.2) is 59.4 Å². The summed E-state index contributed by atoms with van der Waals surface area (Å²) in [5.41, 5.74) is 2.19. The molecule has 31 heavy (non-hydrogen) atoms. The van der Waals surface area contributed by atoms with Crippen molar-refractivity contribution in [2.75, 3.05) is 6.61 Å². The fourth-order valence-electron chi connectivity index (χ4n) is 3.92. The number of hydrogen-bond acceptors (Lipinski definition) is 5. The van der Waals surface area contributed by atoms with Crippen molar-refractivity contribution in [2.45, 2.75) is 33.7 Å². The zero-order valence-electron chi connectivity index (χ0n) is 18.0. The Morgan fingerprint density at radius 2 is 1.77 bits per heavy atom. The van der Waals surface area contributed by atoms with Gasteiger partial charge in [-0.25, -0.2) is 4.98 Å². The third-order valence-corrected chi connectivity index (χ3v) is 6.39. The maximum Gasteiger partial charge on any atom is 0.263 e. The summed E-state index contributed by atoms with van der Waals surface area (Å²) in [5, 5.41) is 0.560. The van der Waals surface area contributed by atoms with Crippen molar-refractivity contribution in [3.05, 3.63) is 81.2 Å². The predicted octanol–water partition coefficient (Wildman–Crippen LogP) is 5.58. The largest absolute Gasteiger partial charge is 0.494 e. The van der Waals surface area contributed by atoms with Crippen LogP contribution in [-0.4, -0.2) is 21.9 Å². The van der Waals surface area contributed by atoms with E-state index in [-0.39, 0.29) is 11.3 Å². The fourth-order valence-corrected chi connectivity index (χ4v) is 5.01. The van der Waals surface area contributed by atoms with Gasteiger partial charge in [-0.3, -0.25) is 14.2 Å². The van der Waals surface area contributed by atoms with Crippen LogP contribution in [-0.2, 0) is 0 Å². The van der Waals surface area contributed by atoms with Crippen LogP contribution in [0.4, 0.5) is 0 Å². The summed E-state index contributed by atoms with van der Waals surface area (Å²) in [7, 11) is 0. The molecule has 0 aliphatic heterocycles. The second-order valence-corrected chi connectivity index (χ2v) is 8.61. The van der Waals surface area contributed by atoms with E-state index >= 15 is 0 Å². The number of carbonyl (C=O) groups is 1. The SMILES string of the molecule is CCOc1ccc(-c2c(C)sc3nc(C)n(C(C)C(=O)c4ccccc4)c(=O)c23)cc1. The molecule has 158 valence electrons. The predicted molar refractivity (Wildman–Crippen MR) is 125 cm³/mol. The van der Waals surface area contributed by atoms with E-state index in [0.717, 1.165) is 21.8 Å². The number of ketones is 1. The Balaban J connectivity index is 1.86. The molecule has 2 aromatic carbocycles. The third-order valence-electron chi connectivity index (χ3n) is 5.39. The van der Waals surface area contributed by atoms with Crippen LogP contribution in [0, 0.1) is 13.8 Å². The summed E-state index contributed by atoms with van der Waals surface area (Å²) in [6.45, 7) is 8.07. The Kier molecular flexibility index (Phi) is 5.74. The van der Waals surface area contributed by atoms with Gasteiger partial charge in [-0.05, 0) is 45.4 Å². The van der Waals surface area contributed by atoms with Gasteiger partial charge in [0.05, 0.1) is 18.0 Å². The second-order valence-electron chi connectivity index (χ2n) is 7.41. The van der Waals surface area contributed by atoms with Gasteiger partial charge in [0, 0.05) is 16.0 Å². The zero-order valence-corrected chi connectivity index (χ0v) is 18.8. The molecule has 1 atom stereocenters. The summed E-state index contributed by atoms with van der Waals surface area (Å²) in [4.78, 5) is 33.1. The van der Waals surface area contributed by atoms with Crippen LogP contribution < -0.4 is 10.3 Å². The van der Waals surface area contributed by atoms with Crippen molar-refractivity contribution in [1.29, 1.82) is 0 Å². The number of ether oxygens (including phenoxy) is 1. The van der Waals surface area contributed by atoms with E-state index < -0.39 is 6.04 Å². The van der Waals surface area contributed by atoms with E-state index in [2.05, 4.69) is 0 Å². The van der Waals surface area contributed by atoms with Gasteiger partial charge < -0.3 is 4.74 Å². The first-order chi connectivity index (χ1) is 14.9. The molecule has 5 nitrogen and oxygen atoms in total. The van der Waals surface area contributed by atoms with E-state index in [9.17, 15) is 9.59 Å². The normalized spacial score (nSPS) is 12.1.